The molecule has 2 aromatic carbocycles. The van der Waals surface area contributed by atoms with Gasteiger partial charge in [0.05, 0.1) is 5.02 Å². The minimum Gasteiger partial charge on any atom is -0.298 e. The van der Waals surface area contributed by atoms with Crippen molar-refractivity contribution in [3.8, 4) is 11.1 Å². The summed E-state index contributed by atoms with van der Waals surface area (Å²) in [6, 6.07) is 5.32. The van der Waals surface area contributed by atoms with Crippen molar-refractivity contribution >= 4 is 17.9 Å². The lowest BCUT2D eigenvalue weighted by molar-refractivity contribution is 0.112. The minimum atomic E-state index is -1.26. The molecule has 0 unspecified atom stereocenters. The molecule has 0 atom stereocenters. The molecular weight excluding hydrogens is 265 g/mol. The van der Waals surface area contributed by atoms with Crippen LogP contribution in [0.4, 0.5) is 13.2 Å². The molecule has 18 heavy (non-hydrogen) atoms. The van der Waals surface area contributed by atoms with E-state index in [1.807, 2.05) is 0 Å². The van der Waals surface area contributed by atoms with Crippen LogP contribution in [-0.2, 0) is 0 Å². The highest BCUT2D eigenvalue weighted by atomic mass is 35.5. The normalized spacial score (nSPS) is 10.4. The van der Waals surface area contributed by atoms with Gasteiger partial charge in [-0.1, -0.05) is 17.7 Å². The van der Waals surface area contributed by atoms with Crippen molar-refractivity contribution in [3.05, 3.63) is 58.4 Å². The van der Waals surface area contributed by atoms with Gasteiger partial charge in [0.1, 0.15) is 5.82 Å². The van der Waals surface area contributed by atoms with Gasteiger partial charge in [-0.05, 0) is 23.8 Å². The van der Waals surface area contributed by atoms with Crippen LogP contribution in [0, 0.1) is 17.5 Å². The van der Waals surface area contributed by atoms with Crippen LogP contribution in [0.15, 0.2) is 30.3 Å². The molecule has 0 fully saturated rings. The zero-order valence-electron chi connectivity index (χ0n) is 8.88. The fourth-order valence-corrected chi connectivity index (χ4v) is 1.71. The van der Waals surface area contributed by atoms with Crippen LogP contribution in [0.25, 0.3) is 11.1 Å². The highest BCUT2D eigenvalue weighted by Crippen LogP contribution is 2.28. The summed E-state index contributed by atoms with van der Waals surface area (Å²) in [5.41, 5.74) is 0.268. The first-order valence-electron chi connectivity index (χ1n) is 4.92. The average Bonchev–Trinajstić information content (AvgIpc) is 2.35. The maximum Gasteiger partial charge on any atom is 0.161 e. The molecule has 0 spiro atoms. The van der Waals surface area contributed by atoms with Crippen molar-refractivity contribution in [2.45, 2.75) is 0 Å². The van der Waals surface area contributed by atoms with E-state index < -0.39 is 17.5 Å². The highest BCUT2D eigenvalue weighted by molar-refractivity contribution is 6.33. The Hall–Kier alpha value is -1.81. The van der Waals surface area contributed by atoms with E-state index in [1.165, 1.54) is 18.2 Å². The summed E-state index contributed by atoms with van der Waals surface area (Å²) in [6.07, 6.45) is 0.504. The number of benzene rings is 2. The van der Waals surface area contributed by atoms with Crippen LogP contribution in [-0.4, -0.2) is 6.29 Å². The highest BCUT2D eigenvalue weighted by Gasteiger charge is 2.12. The number of carbonyl (C=O) groups is 1. The first kappa shape index (κ1) is 12.6. The SMILES string of the molecule is O=Cc1cc(-c2cc(F)c(F)cc2F)ccc1Cl. The van der Waals surface area contributed by atoms with E-state index in [2.05, 4.69) is 0 Å². The van der Waals surface area contributed by atoms with Crippen LogP contribution in [0.5, 0.6) is 0 Å². The molecule has 0 saturated heterocycles. The molecule has 2 rings (SSSR count). The van der Waals surface area contributed by atoms with E-state index >= 15 is 0 Å². The van der Waals surface area contributed by atoms with Gasteiger partial charge in [0, 0.05) is 17.2 Å². The fourth-order valence-electron chi connectivity index (χ4n) is 1.55. The van der Waals surface area contributed by atoms with Crippen LogP contribution in [0.2, 0.25) is 5.02 Å². The van der Waals surface area contributed by atoms with Crippen molar-refractivity contribution in [2.75, 3.05) is 0 Å². The van der Waals surface area contributed by atoms with Crippen molar-refractivity contribution in [1.82, 2.24) is 0 Å². The first-order valence-corrected chi connectivity index (χ1v) is 5.30. The summed E-state index contributed by atoms with van der Waals surface area (Å²) >= 11 is 5.72. The second kappa shape index (κ2) is 4.82. The third-order valence-electron chi connectivity index (χ3n) is 2.44. The standard InChI is InChI=1S/C13H6ClF3O/c14-10-2-1-7(3-8(10)6-18)9-4-12(16)13(17)5-11(9)15/h1-6H. The molecule has 0 aromatic heterocycles. The van der Waals surface area contributed by atoms with E-state index in [0.717, 1.165) is 6.07 Å². The van der Waals surface area contributed by atoms with E-state index in [-0.39, 0.29) is 21.7 Å². The maximum atomic E-state index is 13.5. The van der Waals surface area contributed by atoms with Crippen molar-refractivity contribution in [1.29, 1.82) is 0 Å². The molecule has 92 valence electrons. The second-order valence-corrected chi connectivity index (χ2v) is 4.01. The summed E-state index contributed by atoms with van der Waals surface area (Å²) in [5, 5.41) is 0.205. The molecule has 0 saturated carbocycles. The monoisotopic (exact) mass is 270 g/mol. The number of rotatable bonds is 2. The quantitative estimate of drug-likeness (QED) is 0.589. The lowest BCUT2D eigenvalue weighted by atomic mass is 10.0. The fraction of sp³-hybridized carbons (Fsp3) is 0. The Labute approximate surface area is 106 Å². The largest absolute Gasteiger partial charge is 0.298 e. The molecule has 5 heteroatoms. The first-order chi connectivity index (χ1) is 8.52. The molecule has 0 bridgehead atoms. The average molecular weight is 271 g/mol. The van der Waals surface area contributed by atoms with E-state index in [0.29, 0.717) is 12.4 Å². The van der Waals surface area contributed by atoms with Gasteiger partial charge in [-0.25, -0.2) is 13.2 Å². The predicted octanol–water partition coefficient (Wildman–Crippen LogP) is 4.24. The summed E-state index contributed by atoms with van der Waals surface area (Å²) in [7, 11) is 0. The van der Waals surface area contributed by atoms with E-state index in [1.54, 1.807) is 0 Å². The smallest absolute Gasteiger partial charge is 0.161 e. The molecule has 0 aliphatic rings. The van der Waals surface area contributed by atoms with Gasteiger partial charge in [-0.3, -0.25) is 4.79 Å². The van der Waals surface area contributed by atoms with Gasteiger partial charge in [-0.15, -0.1) is 0 Å². The lowest BCUT2D eigenvalue weighted by Crippen LogP contribution is -1.92. The van der Waals surface area contributed by atoms with Gasteiger partial charge in [0.15, 0.2) is 17.9 Å². The molecule has 2 aromatic rings. The van der Waals surface area contributed by atoms with Gasteiger partial charge in [0.25, 0.3) is 0 Å². The number of carbonyl (C=O) groups excluding carboxylic acids is 1. The number of halogens is 4. The molecule has 0 radical (unpaired) electrons. The molecule has 0 N–H and O–H groups in total. The Morgan fingerprint density at radius 2 is 1.61 bits per heavy atom. The third-order valence-corrected chi connectivity index (χ3v) is 2.79. The van der Waals surface area contributed by atoms with E-state index in [9.17, 15) is 18.0 Å². The molecule has 0 amide bonds. The van der Waals surface area contributed by atoms with Crippen LogP contribution >= 0.6 is 11.6 Å². The maximum absolute atomic E-state index is 13.5. The van der Waals surface area contributed by atoms with Crippen molar-refractivity contribution < 1.29 is 18.0 Å². The van der Waals surface area contributed by atoms with Gasteiger partial charge >= 0.3 is 0 Å². The van der Waals surface area contributed by atoms with Gasteiger partial charge in [-0.2, -0.15) is 0 Å². The number of hydrogen-bond donors (Lipinski definition) is 0. The Morgan fingerprint density at radius 1 is 0.944 bits per heavy atom. The zero-order valence-corrected chi connectivity index (χ0v) is 9.64. The number of aldehydes is 1. The lowest BCUT2D eigenvalue weighted by Gasteiger charge is -2.06. The summed E-state index contributed by atoms with van der Waals surface area (Å²) in [6.45, 7) is 0. The Morgan fingerprint density at radius 3 is 2.28 bits per heavy atom. The Balaban J connectivity index is 2.62. The second-order valence-electron chi connectivity index (χ2n) is 3.60. The van der Waals surface area contributed by atoms with Crippen LogP contribution < -0.4 is 0 Å². The minimum absolute atomic E-state index is 0.131. The Kier molecular flexibility index (Phi) is 3.39. The van der Waals surface area contributed by atoms with Crippen LogP contribution in [0.1, 0.15) is 10.4 Å². The van der Waals surface area contributed by atoms with Crippen molar-refractivity contribution in [2.24, 2.45) is 0 Å². The molecule has 0 aliphatic carbocycles. The van der Waals surface area contributed by atoms with Gasteiger partial charge in [0.2, 0.25) is 0 Å². The summed E-state index contributed by atoms with van der Waals surface area (Å²) in [4.78, 5) is 10.7. The third kappa shape index (κ3) is 2.24. The molecular formula is C13H6ClF3O. The predicted molar refractivity (Wildman–Crippen MR) is 62.1 cm³/mol. The molecule has 0 aliphatic heterocycles. The molecule has 0 heterocycles. The zero-order chi connectivity index (χ0) is 13.3. The number of hydrogen-bond acceptors (Lipinski definition) is 1. The van der Waals surface area contributed by atoms with Crippen molar-refractivity contribution in [3.63, 3.8) is 0 Å². The topological polar surface area (TPSA) is 17.1 Å². The van der Waals surface area contributed by atoms with Gasteiger partial charge < -0.3 is 0 Å². The van der Waals surface area contributed by atoms with E-state index in [4.69, 9.17) is 11.6 Å². The molecule has 1 nitrogen and oxygen atoms in total. The summed E-state index contributed by atoms with van der Waals surface area (Å²) < 4.78 is 39.4. The van der Waals surface area contributed by atoms with Crippen LogP contribution in [0.3, 0.4) is 0 Å². The Bertz CT molecular complexity index is 626. The summed E-state index contributed by atoms with van der Waals surface area (Å²) in [5.74, 6) is -3.33.